The molecule has 178 valence electrons. The zero-order chi connectivity index (χ0) is 23.6. The Labute approximate surface area is 200 Å². The highest BCUT2D eigenvalue weighted by molar-refractivity contribution is 6.30. The predicted octanol–water partition coefficient (Wildman–Crippen LogP) is 4.79. The fourth-order valence-electron chi connectivity index (χ4n) is 4.65. The van der Waals surface area contributed by atoms with Crippen LogP contribution in [0.3, 0.4) is 0 Å². The molecule has 1 saturated carbocycles. The molecule has 3 heterocycles. The molecule has 1 aliphatic heterocycles. The minimum absolute atomic E-state index is 0.367. The number of carbonyl (C=O) groups is 1. The minimum atomic E-state index is -0.562. The number of hydrogen-bond acceptors (Lipinski definition) is 7. The molecular weight excluding hydrogens is 440 g/mol. The third kappa shape index (κ3) is 6.25. The van der Waals surface area contributed by atoms with Gasteiger partial charge in [0.05, 0.1) is 29.3 Å². The summed E-state index contributed by atoms with van der Waals surface area (Å²) in [6.45, 7) is 8.14. The lowest BCUT2D eigenvalue weighted by Gasteiger charge is -2.32. The summed E-state index contributed by atoms with van der Waals surface area (Å²) >= 11 is 5.90. The van der Waals surface area contributed by atoms with Crippen LogP contribution in [0.15, 0.2) is 30.7 Å². The molecule has 1 saturated heterocycles. The second-order valence-electron chi connectivity index (χ2n) is 10.1. The first kappa shape index (κ1) is 23.5. The van der Waals surface area contributed by atoms with Crippen molar-refractivity contribution in [2.24, 2.45) is 17.8 Å². The van der Waals surface area contributed by atoms with Crippen molar-refractivity contribution >= 4 is 35.1 Å². The molecule has 0 aromatic carbocycles. The van der Waals surface area contributed by atoms with Crippen LogP contribution in [0.4, 0.5) is 22.2 Å². The lowest BCUT2D eigenvalue weighted by atomic mass is 9.90. The van der Waals surface area contributed by atoms with Gasteiger partial charge in [-0.15, -0.1) is 0 Å². The van der Waals surface area contributed by atoms with Crippen molar-refractivity contribution in [2.75, 3.05) is 35.2 Å². The summed E-state index contributed by atoms with van der Waals surface area (Å²) in [5.74, 6) is 3.40. The standard InChI is InChI=1S/C24H33ClN6O2/c1-24(2,3)33-23(32)31(21-5-4-19(26)15-27-21)11-8-17-12-20(17)16-6-9-30(10-7-16)22-28-13-18(25)14-29-22/h4-5,13-17,20H,6-12,26H2,1-3H3/t17-,20-/m1/s1. The first-order valence-electron chi connectivity index (χ1n) is 11.6. The Balaban J connectivity index is 1.30. The fraction of sp³-hybridized carbons (Fsp3) is 0.583. The number of amides is 1. The fourth-order valence-corrected chi connectivity index (χ4v) is 4.74. The summed E-state index contributed by atoms with van der Waals surface area (Å²) in [5, 5.41) is 0.559. The quantitative estimate of drug-likeness (QED) is 0.645. The second kappa shape index (κ2) is 9.71. The number of hydrogen-bond donors (Lipinski definition) is 1. The van der Waals surface area contributed by atoms with Crippen molar-refractivity contribution in [3.63, 3.8) is 0 Å². The number of nitrogens with two attached hydrogens (primary N) is 1. The van der Waals surface area contributed by atoms with Gasteiger partial charge in [0.1, 0.15) is 11.4 Å². The summed E-state index contributed by atoms with van der Waals surface area (Å²) in [7, 11) is 0. The molecule has 2 aromatic heterocycles. The van der Waals surface area contributed by atoms with E-state index in [1.165, 1.54) is 6.42 Å². The summed E-state index contributed by atoms with van der Waals surface area (Å²) in [6, 6.07) is 3.54. The van der Waals surface area contributed by atoms with Crippen molar-refractivity contribution in [1.82, 2.24) is 15.0 Å². The van der Waals surface area contributed by atoms with E-state index >= 15 is 0 Å². The number of piperidine rings is 1. The lowest BCUT2D eigenvalue weighted by molar-refractivity contribution is 0.0578. The Morgan fingerprint density at radius 2 is 1.88 bits per heavy atom. The number of nitrogen functional groups attached to an aromatic ring is 1. The van der Waals surface area contributed by atoms with Crippen LogP contribution >= 0.6 is 11.6 Å². The van der Waals surface area contributed by atoms with Crippen LogP contribution in [0, 0.1) is 17.8 Å². The number of nitrogens with zero attached hydrogens (tertiary/aromatic N) is 5. The number of carbonyl (C=O) groups excluding carboxylic acids is 1. The average Bonchev–Trinajstić information content (AvgIpc) is 3.54. The highest BCUT2D eigenvalue weighted by Gasteiger charge is 2.43. The van der Waals surface area contributed by atoms with Crippen molar-refractivity contribution < 1.29 is 9.53 Å². The van der Waals surface area contributed by atoms with Gasteiger partial charge in [0, 0.05) is 19.6 Å². The molecule has 0 unspecified atom stereocenters. The first-order valence-corrected chi connectivity index (χ1v) is 12.0. The maximum atomic E-state index is 12.9. The summed E-state index contributed by atoms with van der Waals surface area (Å²) in [6.07, 6.45) is 8.96. The summed E-state index contributed by atoms with van der Waals surface area (Å²) in [4.78, 5) is 29.8. The Morgan fingerprint density at radius 3 is 2.48 bits per heavy atom. The van der Waals surface area contributed by atoms with E-state index in [9.17, 15) is 4.79 Å². The average molecular weight is 473 g/mol. The molecule has 2 atom stereocenters. The molecule has 0 spiro atoms. The number of halogens is 1. The molecule has 9 heteroatoms. The molecule has 2 fully saturated rings. The van der Waals surface area contributed by atoms with E-state index in [-0.39, 0.29) is 6.09 Å². The highest BCUT2D eigenvalue weighted by Crippen LogP contribution is 2.50. The molecule has 4 rings (SSSR count). The van der Waals surface area contributed by atoms with Gasteiger partial charge < -0.3 is 15.4 Å². The Hall–Kier alpha value is -2.61. The summed E-state index contributed by atoms with van der Waals surface area (Å²) < 4.78 is 5.63. The van der Waals surface area contributed by atoms with Crippen LogP contribution in [-0.4, -0.2) is 46.3 Å². The van der Waals surface area contributed by atoms with Gasteiger partial charge in [-0.2, -0.15) is 0 Å². The molecule has 2 aromatic rings. The van der Waals surface area contributed by atoms with Crippen molar-refractivity contribution in [3.05, 3.63) is 35.7 Å². The van der Waals surface area contributed by atoms with Crippen LogP contribution in [0.1, 0.15) is 46.5 Å². The van der Waals surface area contributed by atoms with Gasteiger partial charge in [0.2, 0.25) is 5.95 Å². The molecular formula is C24H33ClN6O2. The van der Waals surface area contributed by atoms with Crippen LogP contribution in [0.5, 0.6) is 0 Å². The SMILES string of the molecule is CC(C)(C)OC(=O)N(CC[C@@H]1C[C@@H]1C1CCN(c2ncc(Cl)cn2)CC1)c1ccc(N)cn1. The largest absolute Gasteiger partial charge is 0.443 e. The lowest BCUT2D eigenvalue weighted by Crippen LogP contribution is -2.38. The topological polar surface area (TPSA) is 97.5 Å². The zero-order valence-corrected chi connectivity index (χ0v) is 20.3. The Morgan fingerprint density at radius 1 is 1.18 bits per heavy atom. The second-order valence-corrected chi connectivity index (χ2v) is 10.5. The van der Waals surface area contributed by atoms with Gasteiger partial charge in [-0.05, 0) is 76.3 Å². The van der Waals surface area contributed by atoms with E-state index in [2.05, 4.69) is 19.9 Å². The Bertz CT molecular complexity index is 939. The van der Waals surface area contributed by atoms with Crippen molar-refractivity contribution in [3.8, 4) is 0 Å². The van der Waals surface area contributed by atoms with E-state index < -0.39 is 5.60 Å². The molecule has 1 amide bonds. The van der Waals surface area contributed by atoms with E-state index in [4.69, 9.17) is 22.1 Å². The van der Waals surface area contributed by atoms with Crippen molar-refractivity contribution in [1.29, 1.82) is 0 Å². The minimum Gasteiger partial charge on any atom is -0.443 e. The van der Waals surface area contributed by atoms with Crippen LogP contribution < -0.4 is 15.5 Å². The molecule has 2 aliphatic rings. The van der Waals surface area contributed by atoms with Gasteiger partial charge in [0.25, 0.3) is 0 Å². The molecule has 0 bridgehead atoms. The predicted molar refractivity (Wildman–Crippen MR) is 130 cm³/mol. The van der Waals surface area contributed by atoms with Gasteiger partial charge in [0.15, 0.2) is 0 Å². The molecule has 1 aliphatic carbocycles. The van der Waals surface area contributed by atoms with Gasteiger partial charge in [-0.3, -0.25) is 4.90 Å². The van der Waals surface area contributed by atoms with Gasteiger partial charge >= 0.3 is 6.09 Å². The normalized spacial score (nSPS) is 21.0. The molecule has 8 nitrogen and oxygen atoms in total. The van der Waals surface area contributed by atoms with Gasteiger partial charge in [-0.25, -0.2) is 19.7 Å². The number of aromatic nitrogens is 3. The van der Waals surface area contributed by atoms with E-state index in [0.29, 0.717) is 34.9 Å². The number of anilines is 3. The zero-order valence-electron chi connectivity index (χ0n) is 19.6. The third-order valence-electron chi connectivity index (χ3n) is 6.40. The number of ether oxygens (including phenoxy) is 1. The monoisotopic (exact) mass is 472 g/mol. The summed E-state index contributed by atoms with van der Waals surface area (Å²) in [5.41, 5.74) is 5.78. The smallest absolute Gasteiger partial charge is 0.416 e. The maximum absolute atomic E-state index is 12.9. The van der Waals surface area contributed by atoms with E-state index in [0.717, 1.165) is 44.2 Å². The van der Waals surface area contributed by atoms with Gasteiger partial charge in [-0.1, -0.05) is 11.6 Å². The van der Waals surface area contributed by atoms with Crippen LogP contribution in [-0.2, 0) is 4.74 Å². The first-order chi connectivity index (χ1) is 15.7. The Kier molecular flexibility index (Phi) is 6.93. The molecule has 2 N–H and O–H groups in total. The van der Waals surface area contributed by atoms with Crippen LogP contribution in [0.2, 0.25) is 5.02 Å². The number of rotatable bonds is 6. The maximum Gasteiger partial charge on any atom is 0.416 e. The third-order valence-corrected chi connectivity index (χ3v) is 6.59. The van der Waals surface area contributed by atoms with Crippen molar-refractivity contribution in [2.45, 2.75) is 52.1 Å². The highest BCUT2D eigenvalue weighted by atomic mass is 35.5. The van der Waals surface area contributed by atoms with Crippen LogP contribution in [0.25, 0.3) is 0 Å². The molecule has 0 radical (unpaired) electrons. The van der Waals surface area contributed by atoms with E-state index in [1.54, 1.807) is 35.6 Å². The number of pyridine rings is 1. The van der Waals surface area contributed by atoms with E-state index in [1.807, 2.05) is 20.8 Å². The molecule has 33 heavy (non-hydrogen) atoms.